The standard InChI is InChI=1S/C12H11N3O3/c1-17-8-2-4-9(5-3-8)18-12(16)10-6-15-11(13)7-14-10/h2-7H,1H3,(H2,13,15). The molecule has 6 nitrogen and oxygen atoms in total. The third kappa shape index (κ3) is 2.73. The summed E-state index contributed by atoms with van der Waals surface area (Å²) in [5.74, 6) is 0.741. The van der Waals surface area contributed by atoms with E-state index < -0.39 is 5.97 Å². The summed E-state index contributed by atoms with van der Waals surface area (Å²) in [5, 5.41) is 0. The van der Waals surface area contributed by atoms with Crippen LogP contribution in [0.5, 0.6) is 11.5 Å². The van der Waals surface area contributed by atoms with E-state index in [-0.39, 0.29) is 11.5 Å². The molecule has 2 rings (SSSR count). The summed E-state index contributed by atoms with van der Waals surface area (Å²) < 4.78 is 10.1. The molecular formula is C12H11N3O3. The molecule has 0 aliphatic carbocycles. The van der Waals surface area contributed by atoms with E-state index in [4.69, 9.17) is 15.2 Å². The van der Waals surface area contributed by atoms with E-state index in [9.17, 15) is 4.79 Å². The first-order valence-corrected chi connectivity index (χ1v) is 5.13. The first-order chi connectivity index (χ1) is 8.69. The monoisotopic (exact) mass is 245 g/mol. The largest absolute Gasteiger partial charge is 0.497 e. The van der Waals surface area contributed by atoms with Crippen molar-refractivity contribution in [3.05, 3.63) is 42.4 Å². The number of esters is 1. The molecule has 0 bridgehead atoms. The van der Waals surface area contributed by atoms with Crippen LogP contribution in [-0.4, -0.2) is 23.0 Å². The summed E-state index contributed by atoms with van der Waals surface area (Å²) in [6.07, 6.45) is 2.56. The fourth-order valence-corrected chi connectivity index (χ4v) is 1.25. The highest BCUT2D eigenvalue weighted by Crippen LogP contribution is 2.17. The molecule has 0 saturated heterocycles. The maximum Gasteiger partial charge on any atom is 0.363 e. The summed E-state index contributed by atoms with van der Waals surface area (Å²) >= 11 is 0. The van der Waals surface area contributed by atoms with E-state index >= 15 is 0 Å². The lowest BCUT2D eigenvalue weighted by molar-refractivity contribution is 0.0728. The lowest BCUT2D eigenvalue weighted by Gasteiger charge is -2.04. The quantitative estimate of drug-likeness (QED) is 0.647. The number of hydrogen-bond acceptors (Lipinski definition) is 6. The van der Waals surface area contributed by atoms with Crippen LogP contribution in [0.25, 0.3) is 0 Å². The lowest BCUT2D eigenvalue weighted by Crippen LogP contribution is -2.11. The Labute approximate surface area is 103 Å². The van der Waals surface area contributed by atoms with Gasteiger partial charge < -0.3 is 15.2 Å². The van der Waals surface area contributed by atoms with Gasteiger partial charge in [-0.3, -0.25) is 0 Å². The number of carbonyl (C=O) groups is 1. The highest BCUT2D eigenvalue weighted by atomic mass is 16.5. The molecule has 0 unspecified atom stereocenters. The zero-order valence-electron chi connectivity index (χ0n) is 9.66. The van der Waals surface area contributed by atoms with Gasteiger partial charge in [0.25, 0.3) is 0 Å². The number of nitrogens with zero attached hydrogens (tertiary/aromatic N) is 2. The molecule has 0 spiro atoms. The maximum absolute atomic E-state index is 11.7. The van der Waals surface area contributed by atoms with Gasteiger partial charge in [-0.05, 0) is 24.3 Å². The fourth-order valence-electron chi connectivity index (χ4n) is 1.25. The smallest absolute Gasteiger partial charge is 0.363 e. The van der Waals surface area contributed by atoms with Crippen molar-refractivity contribution in [3.8, 4) is 11.5 Å². The van der Waals surface area contributed by atoms with Crippen molar-refractivity contribution in [1.82, 2.24) is 9.97 Å². The van der Waals surface area contributed by atoms with Gasteiger partial charge in [-0.1, -0.05) is 0 Å². The Morgan fingerprint density at radius 3 is 2.33 bits per heavy atom. The minimum absolute atomic E-state index is 0.0972. The van der Waals surface area contributed by atoms with Crippen LogP contribution in [0.1, 0.15) is 10.5 Å². The number of rotatable bonds is 3. The number of anilines is 1. The zero-order valence-corrected chi connectivity index (χ0v) is 9.66. The summed E-state index contributed by atoms with van der Waals surface area (Å²) in [4.78, 5) is 19.3. The van der Waals surface area contributed by atoms with E-state index in [0.29, 0.717) is 11.5 Å². The molecule has 18 heavy (non-hydrogen) atoms. The summed E-state index contributed by atoms with van der Waals surface area (Å²) in [5.41, 5.74) is 5.47. The molecule has 0 amide bonds. The molecule has 92 valence electrons. The highest BCUT2D eigenvalue weighted by Gasteiger charge is 2.10. The molecule has 0 aliphatic heterocycles. The predicted molar refractivity (Wildman–Crippen MR) is 64.4 cm³/mol. The minimum atomic E-state index is -0.590. The summed E-state index contributed by atoms with van der Waals surface area (Å²) in [7, 11) is 1.56. The Kier molecular flexibility index (Phi) is 3.38. The van der Waals surface area contributed by atoms with E-state index in [1.54, 1.807) is 31.4 Å². The lowest BCUT2D eigenvalue weighted by atomic mass is 10.3. The second-order valence-corrected chi connectivity index (χ2v) is 3.39. The number of carbonyl (C=O) groups excluding carboxylic acids is 1. The van der Waals surface area contributed by atoms with E-state index in [1.165, 1.54) is 12.4 Å². The molecule has 0 saturated carbocycles. The molecular weight excluding hydrogens is 234 g/mol. The molecule has 1 heterocycles. The van der Waals surface area contributed by atoms with E-state index in [0.717, 1.165) is 0 Å². The minimum Gasteiger partial charge on any atom is -0.497 e. The molecule has 1 aromatic carbocycles. The summed E-state index contributed by atoms with van der Waals surface area (Å²) in [6, 6.07) is 6.64. The average Bonchev–Trinajstić information content (AvgIpc) is 2.40. The van der Waals surface area contributed by atoms with Gasteiger partial charge >= 0.3 is 5.97 Å². The van der Waals surface area contributed by atoms with Gasteiger partial charge in [0, 0.05) is 0 Å². The van der Waals surface area contributed by atoms with Gasteiger partial charge in [-0.2, -0.15) is 0 Å². The fraction of sp³-hybridized carbons (Fsp3) is 0.0833. The van der Waals surface area contributed by atoms with E-state index in [1.807, 2.05) is 0 Å². The third-order valence-electron chi connectivity index (χ3n) is 2.15. The Morgan fingerprint density at radius 2 is 1.78 bits per heavy atom. The molecule has 2 N–H and O–H groups in total. The molecule has 2 aromatic rings. The van der Waals surface area contributed by atoms with Crippen molar-refractivity contribution in [3.63, 3.8) is 0 Å². The number of ether oxygens (including phenoxy) is 2. The van der Waals surface area contributed by atoms with Crippen molar-refractivity contribution in [2.75, 3.05) is 12.8 Å². The first-order valence-electron chi connectivity index (χ1n) is 5.13. The molecule has 6 heteroatoms. The zero-order chi connectivity index (χ0) is 13.0. The Morgan fingerprint density at radius 1 is 1.11 bits per heavy atom. The van der Waals surface area contributed by atoms with Gasteiger partial charge in [0.05, 0.1) is 19.5 Å². The van der Waals surface area contributed by atoms with Crippen molar-refractivity contribution < 1.29 is 14.3 Å². The van der Waals surface area contributed by atoms with Crippen molar-refractivity contribution >= 4 is 11.8 Å². The van der Waals surface area contributed by atoms with Crippen LogP contribution in [0.15, 0.2) is 36.7 Å². The molecule has 1 aromatic heterocycles. The first kappa shape index (κ1) is 11.8. The van der Waals surface area contributed by atoms with Crippen LogP contribution in [-0.2, 0) is 0 Å². The second kappa shape index (κ2) is 5.13. The molecule has 0 aliphatic rings. The predicted octanol–water partition coefficient (Wildman–Crippen LogP) is 1.29. The SMILES string of the molecule is COc1ccc(OC(=O)c2cnc(N)cn2)cc1. The number of methoxy groups -OCH3 is 1. The van der Waals surface area contributed by atoms with Crippen LogP contribution in [0.3, 0.4) is 0 Å². The number of nitrogen functional groups attached to an aromatic ring is 1. The Hall–Kier alpha value is -2.63. The van der Waals surface area contributed by atoms with Crippen LogP contribution >= 0.6 is 0 Å². The van der Waals surface area contributed by atoms with Gasteiger partial charge in [0.15, 0.2) is 5.69 Å². The highest BCUT2D eigenvalue weighted by molar-refractivity contribution is 5.88. The number of nitrogens with two attached hydrogens (primary N) is 1. The van der Waals surface area contributed by atoms with Gasteiger partial charge in [0.1, 0.15) is 17.3 Å². The van der Waals surface area contributed by atoms with E-state index in [2.05, 4.69) is 9.97 Å². The molecule has 0 fully saturated rings. The van der Waals surface area contributed by atoms with Gasteiger partial charge in [0.2, 0.25) is 0 Å². The van der Waals surface area contributed by atoms with Crippen LogP contribution in [0.4, 0.5) is 5.82 Å². The Bertz CT molecular complexity index is 537. The molecule has 0 radical (unpaired) electrons. The topological polar surface area (TPSA) is 87.3 Å². The maximum atomic E-state index is 11.7. The van der Waals surface area contributed by atoms with Crippen molar-refractivity contribution in [1.29, 1.82) is 0 Å². The number of aromatic nitrogens is 2. The molecule has 0 atom stereocenters. The normalized spacial score (nSPS) is 9.83. The number of hydrogen-bond donors (Lipinski definition) is 1. The van der Waals surface area contributed by atoms with Crippen LogP contribution < -0.4 is 15.2 Å². The van der Waals surface area contributed by atoms with Gasteiger partial charge in [-0.25, -0.2) is 14.8 Å². The van der Waals surface area contributed by atoms with Crippen LogP contribution in [0, 0.1) is 0 Å². The van der Waals surface area contributed by atoms with Crippen molar-refractivity contribution in [2.24, 2.45) is 0 Å². The van der Waals surface area contributed by atoms with Crippen molar-refractivity contribution in [2.45, 2.75) is 0 Å². The Balaban J connectivity index is 2.08. The van der Waals surface area contributed by atoms with Gasteiger partial charge in [-0.15, -0.1) is 0 Å². The third-order valence-corrected chi connectivity index (χ3v) is 2.15. The summed E-state index contributed by atoms with van der Waals surface area (Å²) in [6.45, 7) is 0. The average molecular weight is 245 g/mol. The number of benzene rings is 1. The second-order valence-electron chi connectivity index (χ2n) is 3.39. The van der Waals surface area contributed by atoms with Crippen LogP contribution in [0.2, 0.25) is 0 Å².